The van der Waals surface area contributed by atoms with Crippen molar-refractivity contribution in [3.63, 3.8) is 0 Å². The highest BCUT2D eigenvalue weighted by atomic mass is 19.1. The van der Waals surface area contributed by atoms with Crippen LogP contribution >= 0.6 is 0 Å². The molecule has 0 unspecified atom stereocenters. The number of likely N-dealkylation sites (tertiary alicyclic amines) is 1. The zero-order valence-corrected chi connectivity index (χ0v) is 24.5. The number of nitrogens with one attached hydrogen (secondary N) is 1. The summed E-state index contributed by atoms with van der Waals surface area (Å²) < 4.78 is 30.5. The van der Waals surface area contributed by atoms with E-state index < -0.39 is 5.97 Å². The Morgan fingerprint density at radius 2 is 1.67 bits per heavy atom. The van der Waals surface area contributed by atoms with Gasteiger partial charge >= 0.3 is 5.97 Å². The zero-order valence-electron chi connectivity index (χ0n) is 24.5. The maximum absolute atomic E-state index is 13.6. The maximum atomic E-state index is 13.6. The lowest BCUT2D eigenvalue weighted by atomic mass is 9.98. The lowest BCUT2D eigenvalue weighted by Crippen LogP contribution is -2.48. The second-order valence-corrected chi connectivity index (χ2v) is 10.5. The fourth-order valence-corrected chi connectivity index (χ4v) is 5.86. The van der Waals surface area contributed by atoms with Gasteiger partial charge in [-0.15, -0.1) is 0 Å². The van der Waals surface area contributed by atoms with E-state index in [4.69, 9.17) is 14.2 Å². The normalized spacial score (nSPS) is 17.8. The lowest BCUT2D eigenvalue weighted by Gasteiger charge is -2.38. The highest BCUT2D eigenvalue weighted by Gasteiger charge is 2.33. The van der Waals surface area contributed by atoms with Gasteiger partial charge in [-0.3, -0.25) is 9.69 Å². The molecular weight excluding hydrogens is 537 g/mol. The molecule has 0 aromatic heterocycles. The molecule has 0 saturated carbocycles. The largest absolute Gasteiger partial charge is 0.493 e. The Labute approximate surface area is 246 Å². The van der Waals surface area contributed by atoms with Gasteiger partial charge in [0.1, 0.15) is 23.0 Å². The number of hydrogen-bond donors (Lipinski definition) is 1. The molecule has 8 nitrogen and oxygen atoms in total. The summed E-state index contributed by atoms with van der Waals surface area (Å²) >= 11 is 0. The molecule has 0 spiro atoms. The van der Waals surface area contributed by atoms with Crippen LogP contribution in [0.4, 0.5) is 4.39 Å². The maximum Gasteiger partial charge on any atom is 0.354 e. The topological polar surface area (TPSA) is 80.3 Å². The summed E-state index contributed by atoms with van der Waals surface area (Å²) in [4.78, 5) is 29.9. The van der Waals surface area contributed by atoms with Gasteiger partial charge in [-0.1, -0.05) is 18.2 Å². The monoisotopic (exact) mass is 575 g/mol. The van der Waals surface area contributed by atoms with E-state index in [0.717, 1.165) is 60.7 Å². The predicted molar refractivity (Wildman–Crippen MR) is 158 cm³/mol. The van der Waals surface area contributed by atoms with E-state index in [2.05, 4.69) is 22.3 Å². The first kappa shape index (κ1) is 29.4. The Balaban J connectivity index is 1.28. The van der Waals surface area contributed by atoms with Crippen LogP contribution in [0, 0.1) is 5.82 Å². The second-order valence-electron chi connectivity index (χ2n) is 10.5. The number of esters is 1. The number of halogens is 1. The molecular formula is C33H38FN3O5. The van der Waals surface area contributed by atoms with Gasteiger partial charge in [0.2, 0.25) is 0 Å². The molecule has 9 heteroatoms. The van der Waals surface area contributed by atoms with Crippen molar-refractivity contribution in [3.05, 3.63) is 83.0 Å². The SMILES string of the molecule is CCOc1cc(CN2CCC(N3CCC=C4NC(C(=O)OC)=CC=C4C3=O)CC2)cc(OCC)c1-c1ccc(F)cc1. The van der Waals surface area contributed by atoms with Gasteiger partial charge in [-0.25, -0.2) is 9.18 Å². The third-order valence-corrected chi connectivity index (χ3v) is 7.85. The molecule has 1 saturated heterocycles. The summed E-state index contributed by atoms with van der Waals surface area (Å²) in [6.45, 7) is 7.97. The van der Waals surface area contributed by atoms with Crippen molar-refractivity contribution in [1.29, 1.82) is 0 Å². The number of rotatable bonds is 9. The third kappa shape index (κ3) is 6.36. The van der Waals surface area contributed by atoms with Crippen molar-refractivity contribution in [2.24, 2.45) is 0 Å². The van der Waals surface area contributed by atoms with Gasteiger partial charge in [0.05, 0.1) is 31.5 Å². The molecule has 1 fully saturated rings. The van der Waals surface area contributed by atoms with Gasteiger partial charge < -0.3 is 24.4 Å². The van der Waals surface area contributed by atoms with Gasteiger partial charge in [0.25, 0.3) is 5.91 Å². The lowest BCUT2D eigenvalue weighted by molar-refractivity contribution is -0.136. The van der Waals surface area contributed by atoms with Crippen LogP contribution in [0.15, 0.2) is 71.6 Å². The molecule has 2 aromatic carbocycles. The van der Waals surface area contributed by atoms with Crippen LogP contribution < -0.4 is 14.8 Å². The molecule has 1 N–H and O–H groups in total. The number of piperidine rings is 1. The van der Waals surface area contributed by atoms with Gasteiger partial charge in [0, 0.05) is 37.9 Å². The van der Waals surface area contributed by atoms with Crippen LogP contribution in [-0.2, 0) is 20.9 Å². The number of ether oxygens (including phenoxy) is 3. The number of carbonyl (C=O) groups excluding carboxylic acids is 2. The molecule has 0 atom stereocenters. The number of allylic oxidation sites excluding steroid dienone is 2. The van der Waals surface area contributed by atoms with E-state index in [-0.39, 0.29) is 17.8 Å². The standard InChI is InChI=1S/C33H38FN3O5/c1-4-41-29-19-22(20-30(42-5-2)31(29)23-8-10-24(34)11-9-23)21-36-17-14-25(15-18-36)37-16-6-7-27-26(32(37)38)12-13-28(35-27)33(39)40-3/h7-13,19-20,25,35H,4-6,14-18,21H2,1-3H3. The van der Waals surface area contributed by atoms with Crippen molar-refractivity contribution in [2.75, 3.05) is 40.0 Å². The Morgan fingerprint density at radius 3 is 2.29 bits per heavy atom. The molecule has 222 valence electrons. The smallest absolute Gasteiger partial charge is 0.354 e. The fraction of sp³-hybridized carbons (Fsp3) is 0.394. The first-order valence-corrected chi connectivity index (χ1v) is 14.6. The van der Waals surface area contributed by atoms with Crippen molar-refractivity contribution < 1.29 is 28.2 Å². The van der Waals surface area contributed by atoms with Crippen LogP contribution in [-0.4, -0.2) is 67.7 Å². The number of benzene rings is 2. The Morgan fingerprint density at radius 1 is 1.00 bits per heavy atom. The van der Waals surface area contributed by atoms with Crippen molar-refractivity contribution in [1.82, 2.24) is 15.1 Å². The van der Waals surface area contributed by atoms with E-state index >= 15 is 0 Å². The molecule has 0 bridgehead atoms. The van der Waals surface area contributed by atoms with Crippen LogP contribution in [0.1, 0.15) is 38.7 Å². The average Bonchev–Trinajstić information content (AvgIpc) is 3.16. The van der Waals surface area contributed by atoms with Crippen molar-refractivity contribution >= 4 is 11.9 Å². The van der Waals surface area contributed by atoms with Gasteiger partial charge in [-0.05, 0) is 80.7 Å². The summed E-state index contributed by atoms with van der Waals surface area (Å²) in [5, 5.41) is 3.06. The molecule has 3 heterocycles. The van der Waals surface area contributed by atoms with E-state index in [1.54, 1.807) is 24.3 Å². The Hall–Kier alpha value is -4.11. The quantitative estimate of drug-likeness (QED) is 0.424. The van der Waals surface area contributed by atoms with Crippen LogP contribution in [0.2, 0.25) is 0 Å². The molecule has 42 heavy (non-hydrogen) atoms. The van der Waals surface area contributed by atoms with Crippen LogP contribution in [0.25, 0.3) is 11.1 Å². The minimum Gasteiger partial charge on any atom is -0.493 e. The average molecular weight is 576 g/mol. The molecule has 3 aliphatic heterocycles. The van der Waals surface area contributed by atoms with E-state index in [1.165, 1.54) is 19.2 Å². The van der Waals surface area contributed by atoms with Crippen LogP contribution in [0.5, 0.6) is 11.5 Å². The minimum atomic E-state index is -0.459. The summed E-state index contributed by atoms with van der Waals surface area (Å²) in [6, 6.07) is 10.6. The molecule has 1 amide bonds. The van der Waals surface area contributed by atoms with Crippen LogP contribution in [0.3, 0.4) is 0 Å². The Kier molecular flexibility index (Phi) is 9.27. The van der Waals surface area contributed by atoms with Gasteiger partial charge in [0.15, 0.2) is 0 Å². The van der Waals surface area contributed by atoms with E-state index in [1.807, 2.05) is 24.8 Å². The molecule has 3 aliphatic rings. The highest BCUT2D eigenvalue weighted by Crippen LogP contribution is 2.40. The summed E-state index contributed by atoms with van der Waals surface area (Å²) in [7, 11) is 1.34. The molecule has 2 aromatic rings. The summed E-state index contributed by atoms with van der Waals surface area (Å²) in [5.41, 5.74) is 4.33. The van der Waals surface area contributed by atoms with Gasteiger partial charge in [-0.2, -0.15) is 0 Å². The van der Waals surface area contributed by atoms with E-state index in [9.17, 15) is 14.0 Å². The number of nitrogens with zero attached hydrogens (tertiary/aromatic N) is 2. The summed E-state index contributed by atoms with van der Waals surface area (Å²) in [5.74, 6) is 0.683. The minimum absolute atomic E-state index is 0.0102. The number of methoxy groups -OCH3 is 1. The fourth-order valence-electron chi connectivity index (χ4n) is 5.86. The first-order valence-electron chi connectivity index (χ1n) is 14.6. The van der Waals surface area contributed by atoms with Crippen molar-refractivity contribution in [2.45, 2.75) is 45.7 Å². The Bertz CT molecular complexity index is 1380. The molecule has 0 aliphatic carbocycles. The zero-order chi connectivity index (χ0) is 29.6. The number of carbonyl (C=O) groups is 2. The second kappa shape index (κ2) is 13.2. The number of hydrogen-bond acceptors (Lipinski definition) is 7. The molecule has 5 rings (SSSR count). The number of dihydropyridines is 1. The first-order chi connectivity index (χ1) is 20.4. The summed E-state index contributed by atoms with van der Waals surface area (Å²) in [6.07, 6.45) is 7.75. The highest BCUT2D eigenvalue weighted by molar-refractivity contribution is 6.00. The predicted octanol–water partition coefficient (Wildman–Crippen LogP) is 4.96. The number of fused-ring (bicyclic) bond motifs is 1. The number of amides is 1. The van der Waals surface area contributed by atoms with E-state index in [0.29, 0.717) is 43.1 Å². The molecule has 0 radical (unpaired) electrons. The third-order valence-electron chi connectivity index (χ3n) is 7.85. The van der Waals surface area contributed by atoms with Crippen molar-refractivity contribution in [3.8, 4) is 22.6 Å².